The molecule has 4 rings (SSSR count). The molecule has 1 aliphatic rings. The predicted octanol–water partition coefficient (Wildman–Crippen LogP) is 4.03. The van der Waals surface area contributed by atoms with Gasteiger partial charge in [0.2, 0.25) is 0 Å². The molecule has 5 nitrogen and oxygen atoms in total. The van der Waals surface area contributed by atoms with Gasteiger partial charge in [-0.25, -0.2) is 4.98 Å². The molecule has 0 bridgehead atoms. The van der Waals surface area contributed by atoms with Crippen LogP contribution in [0.5, 0.6) is 0 Å². The smallest absolute Gasteiger partial charge is 0.253 e. The average Bonchev–Trinajstić information content (AvgIpc) is 3.17. The highest BCUT2D eigenvalue weighted by atomic mass is 16.2. The number of imidazole rings is 1. The van der Waals surface area contributed by atoms with E-state index in [1.54, 1.807) is 6.20 Å². The predicted molar refractivity (Wildman–Crippen MR) is 102 cm³/mol. The highest BCUT2D eigenvalue weighted by molar-refractivity contribution is 5.98. The van der Waals surface area contributed by atoms with E-state index in [9.17, 15) is 4.79 Å². The molecule has 1 aromatic carbocycles. The van der Waals surface area contributed by atoms with Gasteiger partial charge in [-0.3, -0.25) is 9.78 Å². The van der Waals surface area contributed by atoms with Crippen LogP contribution in [0.1, 0.15) is 54.8 Å². The molecule has 3 aromatic rings. The topological polar surface area (TPSA) is 51.0 Å². The van der Waals surface area contributed by atoms with Crippen molar-refractivity contribution in [1.82, 2.24) is 19.4 Å². The summed E-state index contributed by atoms with van der Waals surface area (Å²) in [5.41, 5.74) is 1.65. The van der Waals surface area contributed by atoms with Gasteiger partial charge in [0.15, 0.2) is 0 Å². The Hall–Kier alpha value is -2.69. The number of aromatic nitrogens is 3. The molecule has 1 atom stereocenters. The number of carbonyl (C=O) groups excluding carboxylic acids is 1. The molecule has 1 fully saturated rings. The summed E-state index contributed by atoms with van der Waals surface area (Å²) >= 11 is 0. The first-order valence-corrected chi connectivity index (χ1v) is 9.30. The van der Waals surface area contributed by atoms with Crippen LogP contribution in [0.25, 0.3) is 10.9 Å². The van der Waals surface area contributed by atoms with E-state index in [4.69, 9.17) is 0 Å². The maximum absolute atomic E-state index is 13.1. The minimum atomic E-state index is 0.100. The highest BCUT2D eigenvalue weighted by Gasteiger charge is 2.28. The lowest BCUT2D eigenvalue weighted by molar-refractivity contribution is 0.0703. The maximum atomic E-state index is 13.1. The van der Waals surface area contributed by atoms with Crippen LogP contribution < -0.4 is 0 Å². The summed E-state index contributed by atoms with van der Waals surface area (Å²) in [7, 11) is 0. The lowest BCUT2D eigenvalue weighted by Crippen LogP contribution is -2.39. The molecule has 5 heteroatoms. The molecule has 1 saturated heterocycles. The van der Waals surface area contributed by atoms with Gasteiger partial charge in [0.25, 0.3) is 5.91 Å². The Morgan fingerprint density at radius 3 is 2.92 bits per heavy atom. The standard InChI is InChI=1S/C21H24N4O/c1-15(2)25-12-10-23-20(25)18-6-4-11-24(14-18)21(26)17-7-8-19-16(13-17)5-3-9-22-19/h3,5,7-10,12-13,15,18H,4,6,11,14H2,1-2H3/t18-/m0/s1. The normalized spacial score (nSPS) is 17.8. The molecule has 0 saturated carbocycles. The number of hydrogen-bond donors (Lipinski definition) is 0. The van der Waals surface area contributed by atoms with Gasteiger partial charge in [0.1, 0.15) is 5.82 Å². The summed E-state index contributed by atoms with van der Waals surface area (Å²) in [6.45, 7) is 5.87. The van der Waals surface area contributed by atoms with Gasteiger partial charge < -0.3 is 9.47 Å². The Morgan fingerprint density at radius 2 is 2.08 bits per heavy atom. The van der Waals surface area contributed by atoms with Crippen LogP contribution in [0.3, 0.4) is 0 Å². The van der Waals surface area contributed by atoms with Crippen molar-refractivity contribution in [3.63, 3.8) is 0 Å². The third-order valence-electron chi connectivity index (χ3n) is 5.18. The summed E-state index contributed by atoms with van der Waals surface area (Å²) in [6, 6.07) is 10.0. The lowest BCUT2D eigenvalue weighted by atomic mass is 9.96. The van der Waals surface area contributed by atoms with E-state index >= 15 is 0 Å². The molecule has 134 valence electrons. The summed E-state index contributed by atoms with van der Waals surface area (Å²) in [5, 5.41) is 1.00. The van der Waals surface area contributed by atoms with E-state index in [1.165, 1.54) is 0 Å². The number of nitrogens with zero attached hydrogens (tertiary/aromatic N) is 4. The number of rotatable bonds is 3. The lowest BCUT2D eigenvalue weighted by Gasteiger charge is -2.33. The second kappa shape index (κ2) is 6.90. The number of carbonyl (C=O) groups is 1. The first kappa shape index (κ1) is 16.8. The van der Waals surface area contributed by atoms with Crippen molar-refractivity contribution in [2.24, 2.45) is 0 Å². The molecule has 26 heavy (non-hydrogen) atoms. The van der Waals surface area contributed by atoms with E-state index < -0.39 is 0 Å². The van der Waals surface area contributed by atoms with Crippen LogP contribution in [0.2, 0.25) is 0 Å². The zero-order valence-electron chi connectivity index (χ0n) is 15.3. The monoisotopic (exact) mass is 348 g/mol. The Morgan fingerprint density at radius 1 is 1.19 bits per heavy atom. The number of hydrogen-bond acceptors (Lipinski definition) is 3. The third-order valence-corrected chi connectivity index (χ3v) is 5.18. The van der Waals surface area contributed by atoms with Crippen molar-refractivity contribution in [2.75, 3.05) is 13.1 Å². The molecule has 0 unspecified atom stereocenters. The van der Waals surface area contributed by atoms with Crippen molar-refractivity contribution in [3.8, 4) is 0 Å². The van der Waals surface area contributed by atoms with Crippen LogP contribution >= 0.6 is 0 Å². The molecule has 3 heterocycles. The largest absolute Gasteiger partial charge is 0.338 e. The van der Waals surface area contributed by atoms with Crippen LogP contribution in [0.4, 0.5) is 0 Å². The quantitative estimate of drug-likeness (QED) is 0.718. The number of fused-ring (bicyclic) bond motifs is 1. The van der Waals surface area contributed by atoms with Crippen LogP contribution in [0, 0.1) is 0 Å². The maximum Gasteiger partial charge on any atom is 0.253 e. The minimum absolute atomic E-state index is 0.100. The van der Waals surface area contributed by atoms with E-state index in [0.29, 0.717) is 12.0 Å². The molecular formula is C21H24N4O. The van der Waals surface area contributed by atoms with Gasteiger partial charge in [0.05, 0.1) is 5.52 Å². The van der Waals surface area contributed by atoms with Crippen molar-refractivity contribution in [2.45, 2.75) is 38.6 Å². The summed E-state index contributed by atoms with van der Waals surface area (Å²) < 4.78 is 2.22. The van der Waals surface area contributed by atoms with Crippen LogP contribution in [0.15, 0.2) is 48.9 Å². The van der Waals surface area contributed by atoms with Gasteiger partial charge in [-0.1, -0.05) is 6.07 Å². The van der Waals surface area contributed by atoms with Crippen molar-refractivity contribution in [3.05, 3.63) is 60.3 Å². The zero-order valence-corrected chi connectivity index (χ0v) is 15.3. The van der Waals surface area contributed by atoms with Crippen molar-refractivity contribution >= 4 is 16.8 Å². The fourth-order valence-electron chi connectivity index (χ4n) is 3.84. The molecule has 1 aliphatic heterocycles. The number of piperidine rings is 1. The van der Waals surface area contributed by atoms with E-state index in [-0.39, 0.29) is 5.91 Å². The second-order valence-electron chi connectivity index (χ2n) is 7.29. The summed E-state index contributed by atoms with van der Waals surface area (Å²) in [6.07, 6.45) is 7.77. The number of pyridine rings is 1. The Labute approximate surface area is 153 Å². The van der Waals surface area contributed by atoms with Crippen LogP contribution in [-0.4, -0.2) is 38.4 Å². The average molecular weight is 348 g/mol. The Balaban J connectivity index is 1.56. The fraction of sp³-hybridized carbons (Fsp3) is 0.381. The van der Waals surface area contributed by atoms with Gasteiger partial charge in [-0.05, 0) is 51.0 Å². The van der Waals surface area contributed by atoms with Gasteiger partial charge in [-0.2, -0.15) is 0 Å². The second-order valence-corrected chi connectivity index (χ2v) is 7.29. The number of benzene rings is 1. The van der Waals surface area contributed by atoms with Crippen molar-refractivity contribution in [1.29, 1.82) is 0 Å². The molecule has 0 aliphatic carbocycles. The third kappa shape index (κ3) is 3.09. The Kier molecular flexibility index (Phi) is 4.45. The van der Waals surface area contributed by atoms with E-state index in [0.717, 1.165) is 48.2 Å². The molecule has 0 N–H and O–H groups in total. The zero-order chi connectivity index (χ0) is 18.1. The van der Waals surface area contributed by atoms with Crippen LogP contribution in [-0.2, 0) is 0 Å². The molecule has 1 amide bonds. The van der Waals surface area contributed by atoms with Gasteiger partial charge in [0, 0.05) is 54.6 Å². The first-order valence-electron chi connectivity index (χ1n) is 9.30. The summed E-state index contributed by atoms with van der Waals surface area (Å²) in [5.74, 6) is 1.50. The van der Waals surface area contributed by atoms with E-state index in [1.807, 2.05) is 47.6 Å². The molecule has 0 spiro atoms. The number of amides is 1. The van der Waals surface area contributed by atoms with Gasteiger partial charge in [-0.15, -0.1) is 0 Å². The van der Waals surface area contributed by atoms with Crippen molar-refractivity contribution < 1.29 is 4.79 Å². The highest BCUT2D eigenvalue weighted by Crippen LogP contribution is 2.28. The Bertz CT molecular complexity index is 930. The molecular weight excluding hydrogens is 324 g/mol. The number of likely N-dealkylation sites (tertiary alicyclic amines) is 1. The van der Waals surface area contributed by atoms with Gasteiger partial charge >= 0.3 is 0 Å². The molecule has 2 aromatic heterocycles. The summed E-state index contributed by atoms with van der Waals surface area (Å²) in [4.78, 5) is 23.9. The first-order chi connectivity index (χ1) is 12.6. The SMILES string of the molecule is CC(C)n1ccnc1[C@H]1CCCN(C(=O)c2ccc3ncccc3c2)C1. The molecule has 0 radical (unpaired) electrons. The fourth-order valence-corrected chi connectivity index (χ4v) is 3.84. The van der Waals surface area contributed by atoms with E-state index in [2.05, 4.69) is 28.4 Å². The minimum Gasteiger partial charge on any atom is -0.338 e.